The maximum atomic E-state index is 11.1. The minimum absolute atomic E-state index is 0.126. The lowest BCUT2D eigenvalue weighted by Gasteiger charge is -2.16. The van der Waals surface area contributed by atoms with Gasteiger partial charge in [0, 0.05) is 17.4 Å². The summed E-state index contributed by atoms with van der Waals surface area (Å²) in [6.07, 6.45) is 1.63. The molecule has 0 aliphatic carbocycles. The zero-order chi connectivity index (χ0) is 9.54. The SMILES string of the molecule is O=C1C=C2C(=N1)SCc1ccccc12. The molecule has 68 valence electrons. The van der Waals surface area contributed by atoms with Crippen LogP contribution in [-0.2, 0) is 10.5 Å². The van der Waals surface area contributed by atoms with E-state index < -0.39 is 0 Å². The molecule has 0 radical (unpaired) electrons. The number of thioether (sulfide) groups is 1. The number of carbonyl (C=O) groups excluding carboxylic acids is 1. The largest absolute Gasteiger partial charge is 0.271 e. The van der Waals surface area contributed by atoms with Crippen molar-refractivity contribution >= 4 is 28.3 Å². The lowest BCUT2D eigenvalue weighted by Crippen LogP contribution is -2.04. The Morgan fingerprint density at radius 2 is 2.14 bits per heavy atom. The summed E-state index contributed by atoms with van der Waals surface area (Å²) >= 11 is 1.64. The van der Waals surface area contributed by atoms with Crippen LogP contribution in [0.4, 0.5) is 0 Å². The van der Waals surface area contributed by atoms with Gasteiger partial charge in [-0.15, -0.1) is 11.8 Å². The number of benzene rings is 1. The molecular weight excluding hydrogens is 194 g/mol. The summed E-state index contributed by atoms with van der Waals surface area (Å²) in [4.78, 5) is 15.1. The Morgan fingerprint density at radius 1 is 1.29 bits per heavy atom. The van der Waals surface area contributed by atoms with Gasteiger partial charge in [0.25, 0.3) is 5.91 Å². The van der Waals surface area contributed by atoms with Gasteiger partial charge in [0.05, 0.1) is 0 Å². The highest BCUT2D eigenvalue weighted by Gasteiger charge is 2.25. The number of hydrogen-bond donors (Lipinski definition) is 0. The van der Waals surface area contributed by atoms with E-state index in [1.54, 1.807) is 17.8 Å². The van der Waals surface area contributed by atoms with Gasteiger partial charge in [0.1, 0.15) is 5.04 Å². The Hall–Kier alpha value is -1.35. The average molecular weight is 201 g/mol. The van der Waals surface area contributed by atoms with Crippen molar-refractivity contribution in [2.24, 2.45) is 4.99 Å². The maximum Gasteiger partial charge on any atom is 0.271 e. The van der Waals surface area contributed by atoms with Gasteiger partial charge in [-0.2, -0.15) is 0 Å². The topological polar surface area (TPSA) is 29.4 Å². The van der Waals surface area contributed by atoms with Crippen LogP contribution in [0.2, 0.25) is 0 Å². The third-order valence-corrected chi connectivity index (χ3v) is 3.42. The van der Waals surface area contributed by atoms with Crippen LogP contribution in [0.15, 0.2) is 35.3 Å². The Balaban J connectivity index is 2.24. The predicted octanol–water partition coefficient (Wildman–Crippen LogP) is 2.26. The summed E-state index contributed by atoms with van der Waals surface area (Å²) in [6, 6.07) is 8.17. The van der Waals surface area contributed by atoms with E-state index in [-0.39, 0.29) is 5.91 Å². The van der Waals surface area contributed by atoms with Gasteiger partial charge < -0.3 is 0 Å². The molecule has 3 heteroatoms. The number of nitrogens with zero attached hydrogens (tertiary/aromatic N) is 1. The highest BCUT2D eigenvalue weighted by atomic mass is 32.2. The van der Waals surface area contributed by atoms with Crippen molar-refractivity contribution in [3.8, 4) is 0 Å². The highest BCUT2D eigenvalue weighted by Crippen LogP contribution is 2.36. The molecule has 2 aliphatic heterocycles. The van der Waals surface area contributed by atoms with Crippen LogP contribution in [0.3, 0.4) is 0 Å². The molecular formula is C11H7NOS. The monoisotopic (exact) mass is 201 g/mol. The fourth-order valence-electron chi connectivity index (χ4n) is 1.74. The van der Waals surface area contributed by atoms with Gasteiger partial charge in [-0.05, 0) is 11.1 Å². The lowest BCUT2D eigenvalue weighted by molar-refractivity contribution is -0.113. The lowest BCUT2D eigenvalue weighted by atomic mass is 10.0. The van der Waals surface area contributed by atoms with E-state index in [1.165, 1.54) is 5.56 Å². The van der Waals surface area contributed by atoms with E-state index in [2.05, 4.69) is 17.1 Å². The molecule has 0 N–H and O–H groups in total. The van der Waals surface area contributed by atoms with Crippen LogP contribution >= 0.6 is 11.8 Å². The van der Waals surface area contributed by atoms with Crippen molar-refractivity contribution in [1.82, 2.24) is 0 Å². The Labute approximate surface area is 85.7 Å². The first-order valence-electron chi connectivity index (χ1n) is 4.40. The van der Waals surface area contributed by atoms with E-state index in [0.717, 1.165) is 21.9 Å². The van der Waals surface area contributed by atoms with Crippen LogP contribution in [0.25, 0.3) is 5.57 Å². The van der Waals surface area contributed by atoms with Crippen LogP contribution in [0.1, 0.15) is 11.1 Å². The van der Waals surface area contributed by atoms with Crippen molar-refractivity contribution in [3.63, 3.8) is 0 Å². The Bertz CT molecular complexity index is 488. The molecule has 2 aliphatic rings. The zero-order valence-electron chi connectivity index (χ0n) is 7.36. The molecule has 2 nitrogen and oxygen atoms in total. The van der Waals surface area contributed by atoms with Crippen molar-refractivity contribution in [1.29, 1.82) is 0 Å². The molecule has 0 spiro atoms. The van der Waals surface area contributed by atoms with E-state index in [0.29, 0.717) is 0 Å². The van der Waals surface area contributed by atoms with E-state index in [4.69, 9.17) is 0 Å². The molecule has 1 aromatic rings. The van der Waals surface area contributed by atoms with Crippen molar-refractivity contribution < 1.29 is 4.79 Å². The summed E-state index contributed by atoms with van der Waals surface area (Å²) in [5.74, 6) is 0.791. The van der Waals surface area contributed by atoms with Crippen LogP contribution in [0, 0.1) is 0 Å². The highest BCUT2D eigenvalue weighted by molar-refractivity contribution is 8.14. The van der Waals surface area contributed by atoms with Crippen LogP contribution in [-0.4, -0.2) is 11.0 Å². The van der Waals surface area contributed by atoms with Gasteiger partial charge >= 0.3 is 0 Å². The van der Waals surface area contributed by atoms with E-state index in [9.17, 15) is 4.79 Å². The summed E-state index contributed by atoms with van der Waals surface area (Å²) in [6.45, 7) is 0. The molecule has 0 aromatic heterocycles. The van der Waals surface area contributed by atoms with Gasteiger partial charge in [-0.1, -0.05) is 24.3 Å². The summed E-state index contributed by atoms with van der Waals surface area (Å²) < 4.78 is 0. The molecule has 0 saturated heterocycles. The molecule has 1 amide bonds. The molecule has 0 unspecified atom stereocenters. The standard InChI is InChI=1S/C11H7NOS/c13-10-5-9-8-4-2-1-3-7(8)6-14-11(9)12-10/h1-5H,6H2. The fourth-order valence-corrected chi connectivity index (χ4v) is 2.76. The fraction of sp³-hybridized carbons (Fsp3) is 0.0909. The molecule has 0 fully saturated rings. The quantitative estimate of drug-likeness (QED) is 0.644. The van der Waals surface area contributed by atoms with Gasteiger partial charge in [-0.25, -0.2) is 4.99 Å². The second-order valence-electron chi connectivity index (χ2n) is 3.26. The Morgan fingerprint density at radius 3 is 3.07 bits per heavy atom. The molecule has 0 bridgehead atoms. The Kier molecular flexibility index (Phi) is 1.61. The molecule has 14 heavy (non-hydrogen) atoms. The van der Waals surface area contributed by atoms with Gasteiger partial charge in [-0.3, -0.25) is 4.79 Å². The predicted molar refractivity (Wildman–Crippen MR) is 58.2 cm³/mol. The summed E-state index contributed by atoms with van der Waals surface area (Å²) in [5, 5.41) is 0.883. The number of fused-ring (bicyclic) bond motifs is 3. The van der Waals surface area contributed by atoms with Gasteiger partial charge in [0.2, 0.25) is 0 Å². The molecule has 3 rings (SSSR count). The van der Waals surface area contributed by atoms with E-state index in [1.807, 2.05) is 12.1 Å². The molecule has 2 heterocycles. The van der Waals surface area contributed by atoms with Crippen LogP contribution < -0.4 is 0 Å². The number of amides is 1. The first-order chi connectivity index (χ1) is 6.84. The third-order valence-electron chi connectivity index (χ3n) is 2.38. The number of aliphatic imine (C=N–C) groups is 1. The molecule has 1 aromatic carbocycles. The smallest absolute Gasteiger partial charge is 0.267 e. The minimum Gasteiger partial charge on any atom is -0.267 e. The first kappa shape index (κ1) is 8.00. The van der Waals surface area contributed by atoms with Gasteiger partial charge in [0.15, 0.2) is 0 Å². The number of hydrogen-bond acceptors (Lipinski definition) is 2. The second kappa shape index (κ2) is 2.82. The third kappa shape index (κ3) is 1.06. The first-order valence-corrected chi connectivity index (χ1v) is 5.39. The van der Waals surface area contributed by atoms with Crippen molar-refractivity contribution in [2.75, 3.05) is 0 Å². The van der Waals surface area contributed by atoms with Crippen molar-refractivity contribution in [3.05, 3.63) is 41.5 Å². The maximum absolute atomic E-state index is 11.1. The van der Waals surface area contributed by atoms with E-state index >= 15 is 0 Å². The zero-order valence-corrected chi connectivity index (χ0v) is 8.17. The van der Waals surface area contributed by atoms with Crippen molar-refractivity contribution in [2.45, 2.75) is 5.75 Å². The number of rotatable bonds is 0. The summed E-state index contributed by atoms with van der Waals surface area (Å²) in [5.41, 5.74) is 3.45. The minimum atomic E-state index is -0.126. The normalized spacial score (nSPS) is 18.4. The van der Waals surface area contributed by atoms with Crippen LogP contribution in [0.5, 0.6) is 0 Å². The number of carbonyl (C=O) groups is 1. The second-order valence-corrected chi connectivity index (χ2v) is 4.22. The molecule has 0 saturated carbocycles. The molecule has 0 atom stereocenters. The average Bonchev–Trinajstić information content (AvgIpc) is 2.59. The summed E-state index contributed by atoms with van der Waals surface area (Å²) in [7, 11) is 0.